The number of benzene rings is 2. The van der Waals surface area contributed by atoms with E-state index in [1.807, 2.05) is 12.1 Å². The van der Waals surface area contributed by atoms with Crippen LogP contribution in [0.5, 0.6) is 11.5 Å². The Morgan fingerprint density at radius 3 is 2.17 bits per heavy atom. The molecule has 1 unspecified atom stereocenters. The van der Waals surface area contributed by atoms with E-state index in [2.05, 4.69) is 54.0 Å². The molecule has 29 heavy (non-hydrogen) atoms. The van der Waals surface area contributed by atoms with Crippen LogP contribution in [0, 0.1) is 0 Å². The van der Waals surface area contributed by atoms with E-state index >= 15 is 0 Å². The normalized spacial score (nSPS) is 16.6. The minimum atomic E-state index is -0.116. The number of halogens is 1. The van der Waals surface area contributed by atoms with Crippen molar-refractivity contribution >= 4 is 15.9 Å². The summed E-state index contributed by atoms with van der Waals surface area (Å²) >= 11 is 3.52. The van der Waals surface area contributed by atoms with Crippen molar-refractivity contribution in [1.29, 1.82) is 0 Å². The Hall–Kier alpha value is -1.56. The zero-order valence-corrected chi connectivity index (χ0v) is 19.0. The van der Waals surface area contributed by atoms with E-state index in [0.717, 1.165) is 71.4 Å². The van der Waals surface area contributed by atoms with Gasteiger partial charge >= 0.3 is 0 Å². The average Bonchev–Trinajstić information content (AvgIpc) is 2.76. The molecule has 158 valence electrons. The Balaban J connectivity index is 1.91. The maximum absolute atomic E-state index is 6.15. The summed E-state index contributed by atoms with van der Waals surface area (Å²) in [4.78, 5) is 0. The predicted molar refractivity (Wildman–Crippen MR) is 120 cm³/mol. The summed E-state index contributed by atoms with van der Waals surface area (Å²) in [6, 6.07) is 12.4. The van der Waals surface area contributed by atoms with Gasteiger partial charge in [-0.2, -0.15) is 0 Å². The molecule has 2 aromatic carbocycles. The van der Waals surface area contributed by atoms with Crippen LogP contribution in [0.4, 0.5) is 0 Å². The third-order valence-electron chi connectivity index (χ3n) is 4.76. The second-order valence-electron chi connectivity index (χ2n) is 7.28. The highest BCUT2D eigenvalue weighted by Gasteiger charge is 2.18. The first-order valence-corrected chi connectivity index (χ1v) is 11.4. The van der Waals surface area contributed by atoms with Crippen LogP contribution in [0.2, 0.25) is 0 Å². The van der Waals surface area contributed by atoms with Gasteiger partial charge in [-0.05, 0) is 67.5 Å². The molecule has 0 N–H and O–H groups in total. The van der Waals surface area contributed by atoms with Gasteiger partial charge in [0.15, 0.2) is 6.29 Å². The molecule has 1 fully saturated rings. The fourth-order valence-corrected chi connectivity index (χ4v) is 3.58. The highest BCUT2D eigenvalue weighted by Crippen LogP contribution is 2.41. The zero-order chi connectivity index (χ0) is 20.5. The summed E-state index contributed by atoms with van der Waals surface area (Å²) in [5, 5.41) is 0. The quantitative estimate of drug-likeness (QED) is 0.391. The number of ether oxygens (including phenoxy) is 4. The molecule has 5 heteroatoms. The van der Waals surface area contributed by atoms with Crippen LogP contribution in [-0.4, -0.2) is 26.1 Å². The van der Waals surface area contributed by atoms with E-state index in [4.69, 9.17) is 18.9 Å². The van der Waals surface area contributed by atoms with Crippen molar-refractivity contribution in [3.8, 4) is 22.6 Å². The van der Waals surface area contributed by atoms with Gasteiger partial charge in [0.05, 0.1) is 25.4 Å². The lowest BCUT2D eigenvalue weighted by molar-refractivity contribution is -0.168. The highest BCUT2D eigenvalue weighted by atomic mass is 79.9. The molecule has 4 nitrogen and oxygen atoms in total. The van der Waals surface area contributed by atoms with Gasteiger partial charge in [0.1, 0.15) is 11.5 Å². The fourth-order valence-electron chi connectivity index (χ4n) is 3.31. The van der Waals surface area contributed by atoms with Gasteiger partial charge < -0.3 is 18.9 Å². The second-order valence-corrected chi connectivity index (χ2v) is 8.19. The molecule has 0 saturated carbocycles. The Labute approximate surface area is 182 Å². The topological polar surface area (TPSA) is 36.9 Å². The van der Waals surface area contributed by atoms with Gasteiger partial charge in [-0.3, -0.25) is 0 Å². The largest absolute Gasteiger partial charge is 0.493 e. The Morgan fingerprint density at radius 2 is 1.62 bits per heavy atom. The van der Waals surface area contributed by atoms with Crippen LogP contribution >= 0.6 is 15.9 Å². The van der Waals surface area contributed by atoms with Crippen molar-refractivity contribution in [3.05, 3.63) is 46.4 Å². The van der Waals surface area contributed by atoms with Gasteiger partial charge in [0.25, 0.3) is 0 Å². The minimum absolute atomic E-state index is 0.116. The predicted octanol–water partition coefficient (Wildman–Crippen LogP) is 6.74. The average molecular weight is 463 g/mol. The van der Waals surface area contributed by atoms with Gasteiger partial charge in [0, 0.05) is 11.1 Å². The molecule has 0 aliphatic carbocycles. The lowest BCUT2D eigenvalue weighted by atomic mass is 10.0. The summed E-state index contributed by atoms with van der Waals surface area (Å²) in [5.41, 5.74) is 3.11. The first kappa shape index (κ1) is 22.1. The lowest BCUT2D eigenvalue weighted by Crippen LogP contribution is -2.22. The molecule has 1 aliphatic heterocycles. The third-order valence-corrected chi connectivity index (χ3v) is 5.28. The molecule has 1 heterocycles. The van der Waals surface area contributed by atoms with Crippen molar-refractivity contribution in [3.63, 3.8) is 0 Å². The molecule has 1 saturated heterocycles. The maximum atomic E-state index is 6.15. The Bertz CT molecular complexity index is 725. The molecule has 0 radical (unpaired) electrons. The second kappa shape index (κ2) is 11.6. The molecule has 3 rings (SSSR count). The van der Waals surface area contributed by atoms with Crippen LogP contribution in [0.25, 0.3) is 11.1 Å². The number of rotatable bonds is 10. The molecular weight excluding hydrogens is 432 g/mol. The smallest absolute Gasteiger partial charge is 0.158 e. The summed E-state index contributed by atoms with van der Waals surface area (Å²) in [6.45, 7) is 6.81. The van der Waals surface area contributed by atoms with Crippen molar-refractivity contribution in [2.75, 3.05) is 19.8 Å². The molecule has 1 aliphatic rings. The van der Waals surface area contributed by atoms with E-state index < -0.39 is 0 Å². The van der Waals surface area contributed by atoms with E-state index in [1.54, 1.807) is 0 Å². The van der Waals surface area contributed by atoms with Crippen LogP contribution in [0.15, 0.2) is 40.9 Å². The van der Waals surface area contributed by atoms with Gasteiger partial charge in [-0.25, -0.2) is 0 Å². The van der Waals surface area contributed by atoms with E-state index in [1.165, 1.54) is 0 Å². The third kappa shape index (κ3) is 6.46. The fraction of sp³-hybridized carbons (Fsp3) is 0.500. The van der Waals surface area contributed by atoms with Crippen LogP contribution < -0.4 is 9.47 Å². The minimum Gasteiger partial charge on any atom is -0.493 e. The van der Waals surface area contributed by atoms with Crippen molar-refractivity contribution in [2.24, 2.45) is 0 Å². The number of hydrogen-bond acceptors (Lipinski definition) is 4. The summed E-state index contributed by atoms with van der Waals surface area (Å²) in [5.74, 6) is 1.68. The first-order chi connectivity index (χ1) is 14.2. The van der Waals surface area contributed by atoms with Gasteiger partial charge in [0.2, 0.25) is 0 Å². The molecule has 0 amide bonds. The Kier molecular flexibility index (Phi) is 8.84. The molecule has 1 atom stereocenters. The van der Waals surface area contributed by atoms with E-state index in [-0.39, 0.29) is 6.29 Å². The number of hydrogen-bond donors (Lipinski definition) is 0. The standard InChI is InChI=1S/C24H31BrO4/c1-3-12-26-21-15-18(17-29-23-7-5-6-14-28-23)16-22(27-13-4-2)24(21)19-8-10-20(25)11-9-19/h8-11,15-16,23H,3-7,12-14,17H2,1-2H3. The summed E-state index contributed by atoms with van der Waals surface area (Å²) in [7, 11) is 0. The van der Waals surface area contributed by atoms with Crippen LogP contribution in [0.3, 0.4) is 0 Å². The van der Waals surface area contributed by atoms with Crippen molar-refractivity contribution in [2.45, 2.75) is 58.8 Å². The van der Waals surface area contributed by atoms with Crippen molar-refractivity contribution in [1.82, 2.24) is 0 Å². The van der Waals surface area contributed by atoms with Crippen molar-refractivity contribution < 1.29 is 18.9 Å². The highest BCUT2D eigenvalue weighted by molar-refractivity contribution is 9.10. The molecule has 0 spiro atoms. The van der Waals surface area contributed by atoms with Crippen LogP contribution in [0.1, 0.15) is 51.5 Å². The van der Waals surface area contributed by atoms with E-state index in [0.29, 0.717) is 19.8 Å². The van der Waals surface area contributed by atoms with E-state index in [9.17, 15) is 0 Å². The SMILES string of the molecule is CCCOc1cc(COC2CCCCO2)cc(OCCC)c1-c1ccc(Br)cc1. The van der Waals surface area contributed by atoms with Crippen LogP contribution in [-0.2, 0) is 16.1 Å². The molecule has 0 bridgehead atoms. The van der Waals surface area contributed by atoms with Gasteiger partial charge in [-0.15, -0.1) is 0 Å². The zero-order valence-electron chi connectivity index (χ0n) is 17.4. The molecule has 0 aromatic heterocycles. The maximum Gasteiger partial charge on any atom is 0.158 e. The molecular formula is C24H31BrO4. The lowest BCUT2D eigenvalue weighted by Gasteiger charge is -2.23. The van der Waals surface area contributed by atoms with Gasteiger partial charge in [-0.1, -0.05) is 41.9 Å². The Morgan fingerprint density at radius 1 is 0.966 bits per heavy atom. The molecule has 2 aromatic rings. The summed E-state index contributed by atoms with van der Waals surface area (Å²) in [6.07, 6.45) is 5.00. The first-order valence-electron chi connectivity index (χ1n) is 10.6. The monoisotopic (exact) mass is 462 g/mol. The summed E-state index contributed by atoms with van der Waals surface area (Å²) < 4.78 is 25.1.